The average molecular weight is 292 g/mol. The van der Waals surface area contributed by atoms with Crippen molar-refractivity contribution in [2.45, 2.75) is 32.2 Å². The van der Waals surface area contributed by atoms with Crippen LogP contribution in [-0.2, 0) is 24.2 Å². The minimum absolute atomic E-state index is 0.0423. The third-order valence-corrected chi connectivity index (χ3v) is 3.46. The second-order valence-corrected chi connectivity index (χ2v) is 5.02. The van der Waals surface area contributed by atoms with Gasteiger partial charge in [0.05, 0.1) is 6.42 Å². The van der Waals surface area contributed by atoms with Crippen molar-refractivity contribution in [3.05, 3.63) is 41.2 Å². The van der Waals surface area contributed by atoms with Gasteiger partial charge in [-0.1, -0.05) is 6.07 Å². The van der Waals surface area contributed by atoms with E-state index in [0.717, 1.165) is 43.8 Å². The monoisotopic (exact) mass is 292 g/mol. The Labute approximate surface area is 120 Å². The molecule has 0 spiro atoms. The number of hydrogen-bond donors (Lipinski definition) is 1. The second-order valence-electron chi connectivity index (χ2n) is 5.02. The number of aryl methyl sites for hydroxylation is 1. The van der Waals surface area contributed by atoms with Crippen LogP contribution < -0.4 is 5.32 Å². The summed E-state index contributed by atoms with van der Waals surface area (Å²) in [5.74, 6) is -0.936. The van der Waals surface area contributed by atoms with Gasteiger partial charge in [-0.3, -0.25) is 14.7 Å². The molecule has 5 nitrogen and oxygen atoms in total. The number of nitrogens with one attached hydrogen (secondary N) is 1. The number of nitrogens with zero attached hydrogens (tertiary/aromatic N) is 3. The van der Waals surface area contributed by atoms with Gasteiger partial charge >= 0.3 is 0 Å². The normalized spacial score (nSPS) is 13.8. The Kier molecular flexibility index (Phi) is 3.64. The lowest BCUT2D eigenvalue weighted by atomic mass is 10.1. The number of carbonyl (C=O) groups excluding carboxylic acids is 1. The predicted molar refractivity (Wildman–Crippen MR) is 71.7 cm³/mol. The van der Waals surface area contributed by atoms with Crippen molar-refractivity contribution in [3.8, 4) is 0 Å². The van der Waals surface area contributed by atoms with Crippen LogP contribution in [-0.4, -0.2) is 20.7 Å². The van der Waals surface area contributed by atoms with Crippen LogP contribution in [0.15, 0.2) is 18.2 Å². The third kappa shape index (κ3) is 2.91. The van der Waals surface area contributed by atoms with Gasteiger partial charge in [-0.25, -0.2) is 8.78 Å². The first-order chi connectivity index (χ1) is 10.1. The van der Waals surface area contributed by atoms with Crippen LogP contribution in [0, 0.1) is 11.6 Å². The van der Waals surface area contributed by atoms with E-state index < -0.39 is 11.6 Å². The molecule has 21 heavy (non-hydrogen) atoms. The smallest absolute Gasteiger partial charge is 0.231 e. The SMILES string of the molecule is O=C(Cc1ccc(F)c(F)c1)Nc1nnc2n1CCCC2. The molecule has 1 aliphatic heterocycles. The van der Waals surface area contributed by atoms with Crippen molar-refractivity contribution in [3.63, 3.8) is 0 Å². The van der Waals surface area contributed by atoms with Gasteiger partial charge in [-0.2, -0.15) is 0 Å². The lowest BCUT2D eigenvalue weighted by Crippen LogP contribution is -2.20. The molecule has 0 aliphatic carbocycles. The quantitative estimate of drug-likeness (QED) is 0.942. The molecular weight excluding hydrogens is 278 g/mol. The van der Waals surface area contributed by atoms with Crippen LogP contribution >= 0.6 is 0 Å². The summed E-state index contributed by atoms with van der Waals surface area (Å²) in [6, 6.07) is 3.42. The molecule has 2 aromatic rings. The molecule has 1 aliphatic rings. The highest BCUT2D eigenvalue weighted by Crippen LogP contribution is 2.17. The van der Waals surface area contributed by atoms with Crippen molar-refractivity contribution >= 4 is 11.9 Å². The molecule has 1 aromatic heterocycles. The predicted octanol–water partition coefficient (Wildman–Crippen LogP) is 2.07. The minimum atomic E-state index is -0.958. The molecule has 1 amide bonds. The minimum Gasteiger partial charge on any atom is -0.297 e. The summed E-state index contributed by atoms with van der Waals surface area (Å²) in [5, 5.41) is 10.7. The van der Waals surface area contributed by atoms with Crippen LogP contribution in [0.3, 0.4) is 0 Å². The zero-order valence-corrected chi connectivity index (χ0v) is 11.3. The molecule has 0 unspecified atom stereocenters. The van der Waals surface area contributed by atoms with Crippen LogP contribution in [0.4, 0.5) is 14.7 Å². The van der Waals surface area contributed by atoms with Crippen molar-refractivity contribution in [1.82, 2.24) is 14.8 Å². The van der Waals surface area contributed by atoms with E-state index in [4.69, 9.17) is 0 Å². The fourth-order valence-corrected chi connectivity index (χ4v) is 2.40. The lowest BCUT2D eigenvalue weighted by molar-refractivity contribution is -0.115. The number of anilines is 1. The van der Waals surface area contributed by atoms with Gasteiger partial charge < -0.3 is 0 Å². The van der Waals surface area contributed by atoms with Crippen molar-refractivity contribution in [2.24, 2.45) is 0 Å². The van der Waals surface area contributed by atoms with Crippen LogP contribution in [0.2, 0.25) is 0 Å². The van der Waals surface area contributed by atoms with E-state index >= 15 is 0 Å². The number of amides is 1. The standard InChI is InChI=1S/C14H14F2N4O/c15-10-5-4-9(7-11(10)16)8-13(21)17-14-19-18-12-3-1-2-6-20(12)14/h4-5,7H,1-3,6,8H2,(H,17,19,21). The molecule has 110 valence electrons. The zero-order chi connectivity index (χ0) is 14.8. The van der Waals surface area contributed by atoms with E-state index in [9.17, 15) is 13.6 Å². The molecule has 0 saturated heterocycles. The second kappa shape index (κ2) is 5.59. The maximum atomic E-state index is 13.1. The molecular formula is C14H14F2N4O. The fourth-order valence-electron chi connectivity index (χ4n) is 2.40. The number of hydrogen-bond acceptors (Lipinski definition) is 3. The summed E-state index contributed by atoms with van der Waals surface area (Å²) >= 11 is 0. The Morgan fingerprint density at radius 2 is 2.10 bits per heavy atom. The van der Waals surface area contributed by atoms with Gasteiger partial charge in [-0.15, -0.1) is 10.2 Å². The molecule has 0 fully saturated rings. The van der Waals surface area contributed by atoms with Crippen LogP contribution in [0.5, 0.6) is 0 Å². The van der Waals surface area contributed by atoms with E-state index in [1.807, 2.05) is 4.57 Å². The molecule has 3 rings (SSSR count). The molecule has 0 atom stereocenters. The Morgan fingerprint density at radius 1 is 1.24 bits per heavy atom. The first kappa shape index (κ1) is 13.7. The molecule has 0 saturated carbocycles. The summed E-state index contributed by atoms with van der Waals surface area (Å²) in [4.78, 5) is 12.0. The van der Waals surface area contributed by atoms with Gasteiger partial charge in [0.15, 0.2) is 11.6 Å². The summed E-state index contributed by atoms with van der Waals surface area (Å²) in [6.45, 7) is 0.781. The maximum Gasteiger partial charge on any atom is 0.231 e. The maximum absolute atomic E-state index is 13.1. The number of benzene rings is 1. The van der Waals surface area contributed by atoms with Crippen LogP contribution in [0.1, 0.15) is 24.2 Å². The largest absolute Gasteiger partial charge is 0.297 e. The molecule has 7 heteroatoms. The van der Waals surface area contributed by atoms with Crippen molar-refractivity contribution in [2.75, 3.05) is 5.32 Å². The fraction of sp³-hybridized carbons (Fsp3) is 0.357. The highest BCUT2D eigenvalue weighted by atomic mass is 19.2. The molecule has 0 radical (unpaired) electrons. The lowest BCUT2D eigenvalue weighted by Gasteiger charge is -2.14. The number of aromatic nitrogens is 3. The highest BCUT2D eigenvalue weighted by Gasteiger charge is 2.17. The summed E-state index contributed by atoms with van der Waals surface area (Å²) in [7, 11) is 0. The van der Waals surface area contributed by atoms with E-state index in [1.54, 1.807) is 0 Å². The first-order valence-corrected chi connectivity index (χ1v) is 6.79. The van der Waals surface area contributed by atoms with E-state index in [-0.39, 0.29) is 12.3 Å². The Bertz CT molecular complexity index is 684. The van der Waals surface area contributed by atoms with Crippen molar-refractivity contribution < 1.29 is 13.6 Å². The van der Waals surface area contributed by atoms with Gasteiger partial charge in [0.2, 0.25) is 11.9 Å². The molecule has 0 bridgehead atoms. The summed E-state index contributed by atoms with van der Waals surface area (Å²) in [5.41, 5.74) is 0.407. The first-order valence-electron chi connectivity index (χ1n) is 6.79. The average Bonchev–Trinajstić information content (AvgIpc) is 2.86. The van der Waals surface area contributed by atoms with Crippen LogP contribution in [0.25, 0.3) is 0 Å². The number of fused-ring (bicyclic) bond motifs is 1. The van der Waals surface area contributed by atoms with Gasteiger partial charge in [0.25, 0.3) is 0 Å². The number of halogens is 2. The van der Waals surface area contributed by atoms with Gasteiger partial charge in [0.1, 0.15) is 5.82 Å². The summed E-state index contributed by atoms with van der Waals surface area (Å²) in [6.07, 6.45) is 2.91. The molecule has 1 N–H and O–H groups in total. The Hall–Kier alpha value is -2.31. The third-order valence-electron chi connectivity index (χ3n) is 3.46. The van der Waals surface area contributed by atoms with E-state index in [0.29, 0.717) is 11.5 Å². The van der Waals surface area contributed by atoms with E-state index in [2.05, 4.69) is 15.5 Å². The highest BCUT2D eigenvalue weighted by molar-refractivity contribution is 5.90. The zero-order valence-electron chi connectivity index (χ0n) is 11.3. The van der Waals surface area contributed by atoms with E-state index in [1.165, 1.54) is 6.07 Å². The molecule has 1 aromatic carbocycles. The Balaban J connectivity index is 1.69. The number of rotatable bonds is 3. The van der Waals surface area contributed by atoms with Crippen molar-refractivity contribution in [1.29, 1.82) is 0 Å². The Morgan fingerprint density at radius 3 is 2.90 bits per heavy atom. The number of carbonyl (C=O) groups is 1. The topological polar surface area (TPSA) is 59.8 Å². The summed E-state index contributed by atoms with van der Waals surface area (Å²) < 4.78 is 27.8. The molecule has 2 heterocycles. The van der Waals surface area contributed by atoms with Gasteiger partial charge in [0, 0.05) is 13.0 Å². The van der Waals surface area contributed by atoms with Gasteiger partial charge in [-0.05, 0) is 30.5 Å².